The van der Waals surface area contributed by atoms with Gasteiger partial charge in [0.15, 0.2) is 15.9 Å². The molecule has 50 heavy (non-hydrogen) atoms. The summed E-state index contributed by atoms with van der Waals surface area (Å²) in [6.07, 6.45) is -7.45. The standard InChI is InChI=1S/C35H36F6N4O4S/c1-44(17-18-46)25-13-15-45(16-14-25)21-28-30(33(47)43-32(35(39,40)41)22-7-4-3-5-8-22)27-20-26(50(2,48)49)11-12-29(27)42-31(28)23-9-6-10-24(19-23)34(36,37)38/h3-12,19-20,25,32,46H,13-18,21H2,1-2H3,(H,43,47). The van der Waals surface area contributed by atoms with Crippen LogP contribution in [0.25, 0.3) is 22.2 Å². The minimum Gasteiger partial charge on any atom is -0.395 e. The molecule has 15 heteroatoms. The number of aliphatic hydroxyl groups excluding tert-OH is 1. The topological polar surface area (TPSA) is 103 Å². The van der Waals surface area contributed by atoms with E-state index in [1.807, 2.05) is 16.8 Å². The van der Waals surface area contributed by atoms with Gasteiger partial charge >= 0.3 is 12.4 Å². The lowest BCUT2D eigenvalue weighted by Crippen LogP contribution is -2.44. The molecule has 0 aliphatic carbocycles. The number of hydrogen-bond donors (Lipinski definition) is 2. The average Bonchev–Trinajstić information content (AvgIpc) is 3.06. The van der Waals surface area contributed by atoms with Gasteiger partial charge in [-0.15, -0.1) is 0 Å². The first-order valence-electron chi connectivity index (χ1n) is 15.8. The molecule has 1 aromatic heterocycles. The van der Waals surface area contributed by atoms with Gasteiger partial charge in [0, 0.05) is 41.9 Å². The van der Waals surface area contributed by atoms with Crippen molar-refractivity contribution < 1.29 is 44.7 Å². The number of nitrogens with zero attached hydrogens (tertiary/aromatic N) is 3. The third kappa shape index (κ3) is 8.45. The van der Waals surface area contributed by atoms with Crippen LogP contribution in [0.1, 0.15) is 45.9 Å². The van der Waals surface area contributed by atoms with E-state index in [2.05, 4.69) is 10.3 Å². The van der Waals surface area contributed by atoms with E-state index in [1.54, 1.807) is 0 Å². The number of hydrogen-bond acceptors (Lipinski definition) is 7. The van der Waals surface area contributed by atoms with Gasteiger partial charge in [0.25, 0.3) is 5.91 Å². The number of pyridine rings is 1. The molecule has 0 spiro atoms. The molecular formula is C35H36F6N4O4S. The summed E-state index contributed by atoms with van der Waals surface area (Å²) in [7, 11) is -1.99. The summed E-state index contributed by atoms with van der Waals surface area (Å²) >= 11 is 0. The molecule has 1 aliphatic heterocycles. The van der Waals surface area contributed by atoms with E-state index in [-0.39, 0.29) is 62.9 Å². The van der Waals surface area contributed by atoms with Crippen molar-refractivity contribution >= 4 is 26.6 Å². The fourth-order valence-corrected chi connectivity index (χ4v) is 6.94. The zero-order chi connectivity index (χ0) is 36.4. The lowest BCUT2D eigenvalue weighted by atomic mass is 9.93. The third-order valence-electron chi connectivity index (χ3n) is 8.93. The molecule has 2 N–H and O–H groups in total. The van der Waals surface area contributed by atoms with Gasteiger partial charge in [-0.1, -0.05) is 42.5 Å². The fraction of sp³-hybridized carbons (Fsp3) is 0.371. The Morgan fingerprint density at radius 2 is 1.68 bits per heavy atom. The van der Waals surface area contributed by atoms with Crippen LogP contribution in [0.15, 0.2) is 77.7 Å². The Labute approximate surface area is 285 Å². The molecule has 1 fully saturated rings. The number of carbonyl (C=O) groups is 1. The number of rotatable bonds is 10. The largest absolute Gasteiger partial charge is 0.416 e. The highest BCUT2D eigenvalue weighted by molar-refractivity contribution is 7.90. The highest BCUT2D eigenvalue weighted by atomic mass is 32.2. The quantitative estimate of drug-likeness (QED) is 0.187. The van der Waals surface area contributed by atoms with Crippen LogP contribution >= 0.6 is 0 Å². The number of halogens is 6. The molecule has 1 aliphatic rings. The number of likely N-dealkylation sites (tertiary alicyclic amines) is 1. The summed E-state index contributed by atoms with van der Waals surface area (Å²) in [5.74, 6) is -1.20. The first-order valence-corrected chi connectivity index (χ1v) is 17.7. The second-order valence-electron chi connectivity index (χ2n) is 12.4. The Morgan fingerprint density at radius 3 is 2.28 bits per heavy atom. The number of sulfone groups is 1. The van der Waals surface area contributed by atoms with E-state index in [9.17, 15) is 44.7 Å². The van der Waals surface area contributed by atoms with Crippen LogP contribution < -0.4 is 5.32 Å². The van der Waals surface area contributed by atoms with Crippen molar-refractivity contribution in [2.24, 2.45) is 0 Å². The molecule has 1 atom stereocenters. The number of likely N-dealkylation sites (N-methyl/N-ethyl adjacent to an activating group) is 1. The number of fused-ring (bicyclic) bond motifs is 1. The van der Waals surface area contributed by atoms with Crippen LogP contribution in [0.5, 0.6) is 0 Å². The molecule has 3 aromatic carbocycles. The summed E-state index contributed by atoms with van der Waals surface area (Å²) in [5.41, 5.74) is -1.58. The van der Waals surface area contributed by atoms with E-state index in [1.165, 1.54) is 54.6 Å². The van der Waals surface area contributed by atoms with Crippen LogP contribution in [0.2, 0.25) is 0 Å². The number of nitrogens with one attached hydrogen (secondary N) is 1. The first kappa shape index (κ1) is 37.2. The second kappa shape index (κ2) is 14.7. The Hall–Kier alpha value is -4.05. The van der Waals surface area contributed by atoms with Crippen molar-refractivity contribution in [2.45, 2.75) is 48.7 Å². The molecule has 268 valence electrons. The predicted molar refractivity (Wildman–Crippen MR) is 176 cm³/mol. The van der Waals surface area contributed by atoms with Gasteiger partial charge in [-0.2, -0.15) is 26.3 Å². The maximum absolute atomic E-state index is 14.5. The maximum atomic E-state index is 14.5. The van der Waals surface area contributed by atoms with Gasteiger partial charge in [0.2, 0.25) is 0 Å². The van der Waals surface area contributed by atoms with Gasteiger partial charge in [-0.3, -0.25) is 9.69 Å². The summed E-state index contributed by atoms with van der Waals surface area (Å²) in [4.78, 5) is 22.7. The first-order chi connectivity index (χ1) is 23.5. The highest BCUT2D eigenvalue weighted by Crippen LogP contribution is 2.38. The van der Waals surface area contributed by atoms with Crippen molar-refractivity contribution in [1.82, 2.24) is 20.1 Å². The van der Waals surface area contributed by atoms with Crippen LogP contribution in [0.4, 0.5) is 26.3 Å². The number of aromatic nitrogens is 1. The third-order valence-corrected chi connectivity index (χ3v) is 10.0. The Balaban J connectivity index is 1.73. The van der Waals surface area contributed by atoms with Crippen LogP contribution in [0.3, 0.4) is 0 Å². The number of piperidine rings is 1. The molecule has 1 unspecified atom stereocenters. The van der Waals surface area contributed by atoms with Crippen molar-refractivity contribution in [2.75, 3.05) is 39.5 Å². The lowest BCUT2D eigenvalue weighted by Gasteiger charge is -2.37. The van der Waals surface area contributed by atoms with Crippen LogP contribution in [0, 0.1) is 0 Å². The Kier molecular flexibility index (Phi) is 10.9. The smallest absolute Gasteiger partial charge is 0.395 e. The van der Waals surface area contributed by atoms with E-state index in [0.717, 1.165) is 24.5 Å². The van der Waals surface area contributed by atoms with Gasteiger partial charge in [0.05, 0.1) is 33.8 Å². The normalized spacial score (nSPS) is 15.8. The minimum atomic E-state index is -4.94. The molecule has 8 nitrogen and oxygen atoms in total. The molecule has 2 heterocycles. The summed E-state index contributed by atoms with van der Waals surface area (Å²) < 4.78 is 110. The van der Waals surface area contributed by atoms with Crippen LogP contribution in [-0.2, 0) is 22.6 Å². The summed E-state index contributed by atoms with van der Waals surface area (Å²) in [6.45, 7) is 1.25. The summed E-state index contributed by atoms with van der Waals surface area (Å²) in [5, 5.41) is 11.4. The second-order valence-corrected chi connectivity index (χ2v) is 14.4. The van der Waals surface area contributed by atoms with Crippen molar-refractivity contribution in [3.05, 3.63) is 95.1 Å². The molecular weight excluding hydrogens is 686 g/mol. The molecule has 0 radical (unpaired) electrons. The van der Waals surface area contributed by atoms with E-state index < -0.39 is 39.7 Å². The zero-order valence-electron chi connectivity index (χ0n) is 27.2. The number of benzene rings is 3. The van der Waals surface area contributed by atoms with Gasteiger partial charge in [-0.25, -0.2) is 13.4 Å². The number of alkyl halides is 6. The summed E-state index contributed by atoms with van der Waals surface area (Å²) in [6, 6.07) is 12.3. The maximum Gasteiger partial charge on any atom is 0.416 e. The Morgan fingerprint density at radius 1 is 1.00 bits per heavy atom. The van der Waals surface area contributed by atoms with Gasteiger partial charge in [-0.05, 0) is 68.9 Å². The monoisotopic (exact) mass is 722 g/mol. The SMILES string of the molecule is CN(CCO)C1CCN(Cc2c(-c3cccc(C(F)(F)F)c3)nc3ccc(S(C)(=O)=O)cc3c2C(=O)NC(c2ccccc2)C(F)(F)F)CC1. The van der Waals surface area contributed by atoms with Crippen molar-refractivity contribution in [3.8, 4) is 11.3 Å². The fourth-order valence-electron chi connectivity index (χ4n) is 6.29. The number of carbonyl (C=O) groups excluding carboxylic acids is 1. The van der Waals surface area contributed by atoms with Crippen molar-refractivity contribution in [1.29, 1.82) is 0 Å². The molecule has 0 bridgehead atoms. The van der Waals surface area contributed by atoms with Crippen molar-refractivity contribution in [3.63, 3.8) is 0 Å². The molecule has 1 amide bonds. The van der Waals surface area contributed by atoms with E-state index in [4.69, 9.17) is 0 Å². The molecule has 1 saturated heterocycles. The molecule has 4 aromatic rings. The zero-order valence-corrected chi connectivity index (χ0v) is 28.0. The van der Waals surface area contributed by atoms with Crippen LogP contribution in [-0.4, -0.2) is 86.0 Å². The highest BCUT2D eigenvalue weighted by Gasteiger charge is 2.43. The average molecular weight is 723 g/mol. The van der Waals surface area contributed by atoms with Gasteiger partial charge < -0.3 is 15.3 Å². The van der Waals surface area contributed by atoms with Gasteiger partial charge in [0.1, 0.15) is 0 Å². The lowest BCUT2D eigenvalue weighted by molar-refractivity contribution is -0.155. The predicted octanol–water partition coefficient (Wildman–Crippen LogP) is 6.25. The molecule has 5 rings (SSSR count). The number of aliphatic hydroxyl groups is 1. The molecule has 0 saturated carbocycles. The Bertz CT molecular complexity index is 1950. The van der Waals surface area contributed by atoms with E-state index in [0.29, 0.717) is 32.5 Å². The van der Waals surface area contributed by atoms with E-state index >= 15 is 0 Å². The number of amides is 1. The minimum absolute atomic E-state index is 0.00585.